The van der Waals surface area contributed by atoms with Crippen molar-refractivity contribution in [3.05, 3.63) is 60.7 Å². The van der Waals surface area contributed by atoms with Gasteiger partial charge in [0.05, 0.1) is 15.5 Å². The highest BCUT2D eigenvalue weighted by Crippen LogP contribution is 2.25. The zero-order valence-corrected chi connectivity index (χ0v) is 16.8. The normalized spacial score (nSPS) is 17.0. The van der Waals surface area contributed by atoms with Gasteiger partial charge >= 0.3 is 0 Å². The van der Waals surface area contributed by atoms with E-state index in [1.807, 2.05) is 4.31 Å². The van der Waals surface area contributed by atoms with Crippen LogP contribution >= 0.6 is 0 Å². The summed E-state index contributed by atoms with van der Waals surface area (Å²) in [5, 5.41) is 0. The molecule has 1 saturated heterocycles. The van der Waals surface area contributed by atoms with E-state index in [1.54, 1.807) is 54.6 Å². The lowest BCUT2D eigenvalue weighted by molar-refractivity contribution is 0.460. The Balaban J connectivity index is 1.84. The first-order valence-corrected chi connectivity index (χ1v) is 11.6. The van der Waals surface area contributed by atoms with Gasteiger partial charge in [-0.05, 0) is 48.7 Å². The number of anilines is 1. The Labute approximate surface area is 163 Å². The van der Waals surface area contributed by atoms with E-state index in [4.69, 9.17) is 0 Å². The smallest absolute Gasteiger partial charge is 0.261 e. The Kier molecular flexibility index (Phi) is 6.46. The molecular weight excluding hydrogens is 380 g/mol. The SMILES string of the molecule is C=Cc1cc(S(=O)N2CCCCCC2)ccc1NS(=O)(=O)c1ccccc1. The van der Waals surface area contributed by atoms with Gasteiger partial charge in [-0.3, -0.25) is 4.72 Å². The maximum atomic E-state index is 12.9. The van der Waals surface area contributed by atoms with Gasteiger partial charge in [0.25, 0.3) is 10.0 Å². The molecular formula is C20H24N2O3S2. The van der Waals surface area contributed by atoms with Crippen LogP contribution < -0.4 is 4.72 Å². The van der Waals surface area contributed by atoms with Crippen molar-refractivity contribution in [3.63, 3.8) is 0 Å². The predicted molar refractivity (Wildman–Crippen MR) is 110 cm³/mol. The van der Waals surface area contributed by atoms with Crippen molar-refractivity contribution in [1.29, 1.82) is 0 Å². The van der Waals surface area contributed by atoms with Crippen LogP contribution in [0.2, 0.25) is 0 Å². The molecule has 2 aromatic rings. The molecule has 7 heteroatoms. The van der Waals surface area contributed by atoms with Crippen LogP contribution in [0.5, 0.6) is 0 Å². The molecule has 1 aliphatic heterocycles. The highest BCUT2D eigenvalue weighted by atomic mass is 32.2. The number of nitrogens with zero attached hydrogens (tertiary/aromatic N) is 1. The molecule has 2 aromatic carbocycles. The van der Waals surface area contributed by atoms with Crippen LogP contribution in [0.1, 0.15) is 31.2 Å². The second kappa shape index (κ2) is 8.82. The molecule has 144 valence electrons. The highest BCUT2D eigenvalue weighted by Gasteiger charge is 2.19. The number of hydrogen-bond donors (Lipinski definition) is 1. The van der Waals surface area contributed by atoms with Crippen LogP contribution in [0.3, 0.4) is 0 Å². The van der Waals surface area contributed by atoms with Gasteiger partial charge in [-0.1, -0.05) is 43.7 Å². The van der Waals surface area contributed by atoms with E-state index in [0.717, 1.165) is 25.9 Å². The first kappa shape index (κ1) is 19.8. The molecule has 0 radical (unpaired) electrons. The molecule has 1 unspecified atom stereocenters. The molecule has 0 spiro atoms. The fourth-order valence-electron chi connectivity index (χ4n) is 3.07. The number of rotatable bonds is 6. The van der Waals surface area contributed by atoms with Gasteiger partial charge in [-0.25, -0.2) is 16.9 Å². The van der Waals surface area contributed by atoms with E-state index in [0.29, 0.717) is 16.1 Å². The van der Waals surface area contributed by atoms with Gasteiger partial charge in [0.2, 0.25) is 0 Å². The molecule has 0 amide bonds. The number of nitrogens with one attached hydrogen (secondary N) is 1. The third-order valence-electron chi connectivity index (χ3n) is 4.54. The number of benzene rings is 2. The number of sulfonamides is 1. The summed E-state index contributed by atoms with van der Waals surface area (Å²) in [6.45, 7) is 5.41. The van der Waals surface area contributed by atoms with Crippen LogP contribution in [0.4, 0.5) is 5.69 Å². The molecule has 0 aromatic heterocycles. The van der Waals surface area contributed by atoms with Crippen LogP contribution in [0.25, 0.3) is 6.08 Å². The van der Waals surface area contributed by atoms with E-state index < -0.39 is 21.0 Å². The van der Waals surface area contributed by atoms with Crippen LogP contribution in [-0.2, 0) is 21.0 Å². The second-order valence-electron chi connectivity index (χ2n) is 6.46. The summed E-state index contributed by atoms with van der Waals surface area (Å²) < 4.78 is 42.6. The number of hydrogen-bond acceptors (Lipinski definition) is 3. The fourth-order valence-corrected chi connectivity index (χ4v) is 5.48. The van der Waals surface area contributed by atoms with Gasteiger partial charge in [0, 0.05) is 13.1 Å². The van der Waals surface area contributed by atoms with Crippen LogP contribution in [0, 0.1) is 0 Å². The molecule has 27 heavy (non-hydrogen) atoms. The Morgan fingerprint density at radius 2 is 1.67 bits per heavy atom. The summed E-state index contributed by atoms with van der Waals surface area (Å²) in [6.07, 6.45) is 6.02. The molecule has 1 fully saturated rings. The van der Waals surface area contributed by atoms with Crippen molar-refractivity contribution in [1.82, 2.24) is 4.31 Å². The molecule has 1 N–H and O–H groups in total. The molecule has 1 heterocycles. The van der Waals surface area contributed by atoms with Gasteiger partial charge in [0.1, 0.15) is 11.0 Å². The quantitative estimate of drug-likeness (QED) is 0.790. The maximum Gasteiger partial charge on any atom is 0.261 e. The van der Waals surface area contributed by atoms with Crippen molar-refractivity contribution in [3.8, 4) is 0 Å². The summed E-state index contributed by atoms with van der Waals surface area (Å²) in [4.78, 5) is 0.853. The molecule has 0 saturated carbocycles. The molecule has 1 aliphatic rings. The summed E-state index contributed by atoms with van der Waals surface area (Å²) in [6, 6.07) is 13.3. The zero-order valence-electron chi connectivity index (χ0n) is 15.1. The van der Waals surface area contributed by atoms with Crippen molar-refractivity contribution in [2.45, 2.75) is 35.5 Å². The van der Waals surface area contributed by atoms with Crippen molar-refractivity contribution in [2.75, 3.05) is 17.8 Å². The average Bonchev–Trinajstić information content (AvgIpc) is 2.97. The molecule has 5 nitrogen and oxygen atoms in total. The van der Waals surface area contributed by atoms with Crippen molar-refractivity contribution in [2.24, 2.45) is 0 Å². The highest BCUT2D eigenvalue weighted by molar-refractivity contribution is 7.92. The third-order valence-corrected chi connectivity index (χ3v) is 7.41. The van der Waals surface area contributed by atoms with Crippen molar-refractivity contribution >= 4 is 32.8 Å². The third kappa shape index (κ3) is 4.86. The Morgan fingerprint density at radius 3 is 2.30 bits per heavy atom. The molecule has 0 aliphatic carbocycles. The lowest BCUT2D eigenvalue weighted by atomic mass is 10.2. The summed E-state index contributed by atoms with van der Waals surface area (Å²) in [5.41, 5.74) is 1.03. The van der Waals surface area contributed by atoms with E-state index in [1.165, 1.54) is 12.8 Å². The van der Waals surface area contributed by atoms with Gasteiger partial charge in [0.15, 0.2) is 0 Å². The van der Waals surface area contributed by atoms with E-state index in [2.05, 4.69) is 11.3 Å². The minimum Gasteiger partial charge on any atom is -0.279 e. The second-order valence-corrected chi connectivity index (χ2v) is 9.63. The summed E-state index contributed by atoms with van der Waals surface area (Å²) in [5.74, 6) is 0. The maximum absolute atomic E-state index is 12.9. The standard InChI is InChI=1S/C20H24N2O3S2/c1-2-17-16-18(26(23)22-14-8-3-4-9-15-22)12-13-20(17)21-27(24,25)19-10-6-5-7-11-19/h2,5-7,10-13,16,21H,1,3-4,8-9,14-15H2. The predicted octanol–water partition coefficient (Wildman–Crippen LogP) is 4.03. The minimum atomic E-state index is -3.69. The topological polar surface area (TPSA) is 66.5 Å². The van der Waals surface area contributed by atoms with E-state index in [9.17, 15) is 12.6 Å². The average molecular weight is 405 g/mol. The zero-order chi connectivity index (χ0) is 19.3. The lowest BCUT2D eigenvalue weighted by Gasteiger charge is -2.19. The molecule has 3 rings (SSSR count). The Morgan fingerprint density at radius 1 is 1.00 bits per heavy atom. The lowest BCUT2D eigenvalue weighted by Crippen LogP contribution is -2.27. The Bertz CT molecular complexity index is 919. The minimum absolute atomic E-state index is 0.192. The largest absolute Gasteiger partial charge is 0.279 e. The van der Waals surface area contributed by atoms with Gasteiger partial charge in [-0.15, -0.1) is 0 Å². The molecule has 0 bridgehead atoms. The van der Waals surface area contributed by atoms with Gasteiger partial charge in [-0.2, -0.15) is 0 Å². The van der Waals surface area contributed by atoms with Crippen LogP contribution in [0.15, 0.2) is 64.9 Å². The Hall–Kier alpha value is -1.96. The van der Waals surface area contributed by atoms with Crippen molar-refractivity contribution < 1.29 is 12.6 Å². The van der Waals surface area contributed by atoms with Crippen LogP contribution in [-0.4, -0.2) is 30.0 Å². The summed E-state index contributed by atoms with van der Waals surface area (Å²) >= 11 is 0. The van der Waals surface area contributed by atoms with E-state index in [-0.39, 0.29) is 4.90 Å². The first-order chi connectivity index (χ1) is 13.0. The monoisotopic (exact) mass is 404 g/mol. The van der Waals surface area contributed by atoms with E-state index >= 15 is 0 Å². The van der Waals surface area contributed by atoms with Gasteiger partial charge < -0.3 is 0 Å². The first-order valence-electron chi connectivity index (χ1n) is 9.02. The fraction of sp³-hybridized carbons (Fsp3) is 0.300. The summed E-state index contributed by atoms with van der Waals surface area (Å²) in [7, 11) is -4.94. The molecule has 1 atom stereocenters.